The van der Waals surface area contributed by atoms with E-state index < -0.39 is 0 Å². The van der Waals surface area contributed by atoms with Crippen LogP contribution in [-0.4, -0.2) is 16.6 Å². The summed E-state index contributed by atoms with van der Waals surface area (Å²) in [6, 6.07) is 22.1. The van der Waals surface area contributed by atoms with E-state index in [1.54, 1.807) is 18.0 Å². The molecule has 0 aliphatic carbocycles. The molecule has 6 heteroatoms. The number of aromatic nitrogens is 1. The van der Waals surface area contributed by atoms with Crippen molar-refractivity contribution in [3.63, 3.8) is 0 Å². The summed E-state index contributed by atoms with van der Waals surface area (Å²) in [7, 11) is 0. The number of fused-ring (bicyclic) bond motifs is 3. The normalized spacial score (nSPS) is 12.8. The Bertz CT molecular complexity index is 1270. The standard InChI is InChI=1S/C23H18N4OS/c1-14(26-27-23(28)17-13-24-18-7-3-2-6-16(17)18)15-10-11-22-20(12-15)25-19-8-4-5-9-21(19)29-22/h2-13,24-25H,1H3,(H,27,28)/b26-14-. The molecule has 0 bridgehead atoms. The van der Waals surface area contributed by atoms with Gasteiger partial charge in [-0.15, -0.1) is 0 Å². The van der Waals surface area contributed by atoms with Crippen LogP contribution < -0.4 is 10.7 Å². The fraction of sp³-hybridized carbons (Fsp3) is 0.0435. The summed E-state index contributed by atoms with van der Waals surface area (Å²) in [6.07, 6.45) is 1.71. The molecule has 0 unspecified atom stereocenters. The summed E-state index contributed by atoms with van der Waals surface area (Å²) in [5, 5.41) is 8.68. The Hall–Kier alpha value is -3.51. The van der Waals surface area contributed by atoms with Crippen molar-refractivity contribution in [3.8, 4) is 0 Å². The molecular weight excluding hydrogens is 380 g/mol. The third-order valence-electron chi connectivity index (χ3n) is 4.93. The number of benzene rings is 3. The molecule has 1 aromatic heterocycles. The predicted octanol–water partition coefficient (Wildman–Crippen LogP) is 5.53. The van der Waals surface area contributed by atoms with Gasteiger partial charge in [0.25, 0.3) is 5.91 Å². The minimum Gasteiger partial charge on any atom is -0.360 e. The number of hydrazone groups is 1. The van der Waals surface area contributed by atoms with Gasteiger partial charge < -0.3 is 10.3 Å². The van der Waals surface area contributed by atoms with Crippen molar-refractivity contribution in [3.05, 3.63) is 84.1 Å². The lowest BCUT2D eigenvalue weighted by Crippen LogP contribution is -2.19. The van der Waals surface area contributed by atoms with Crippen molar-refractivity contribution in [1.82, 2.24) is 10.4 Å². The Morgan fingerprint density at radius 1 is 0.966 bits per heavy atom. The van der Waals surface area contributed by atoms with E-state index in [-0.39, 0.29) is 5.91 Å². The SMILES string of the molecule is C/C(=N/NC(=O)c1c[nH]c2ccccc12)c1ccc2c(c1)Nc1ccccc1S2. The number of H-pyrrole nitrogens is 1. The number of nitrogens with zero attached hydrogens (tertiary/aromatic N) is 1. The van der Waals surface area contributed by atoms with E-state index in [2.05, 4.69) is 45.1 Å². The van der Waals surface area contributed by atoms with Gasteiger partial charge in [0.2, 0.25) is 0 Å². The molecule has 2 heterocycles. The van der Waals surface area contributed by atoms with E-state index in [1.807, 2.05) is 49.4 Å². The lowest BCUT2D eigenvalue weighted by molar-refractivity contribution is 0.0956. The maximum atomic E-state index is 12.6. The first-order valence-electron chi connectivity index (χ1n) is 9.28. The Morgan fingerprint density at radius 2 is 1.76 bits per heavy atom. The average Bonchev–Trinajstić information content (AvgIpc) is 3.19. The average molecular weight is 398 g/mol. The van der Waals surface area contributed by atoms with E-state index in [0.29, 0.717) is 5.56 Å². The van der Waals surface area contributed by atoms with Gasteiger partial charge in [-0.2, -0.15) is 5.10 Å². The number of hydrogen-bond donors (Lipinski definition) is 3. The maximum Gasteiger partial charge on any atom is 0.273 e. The monoisotopic (exact) mass is 398 g/mol. The van der Waals surface area contributed by atoms with Gasteiger partial charge in [0.15, 0.2) is 0 Å². The van der Waals surface area contributed by atoms with Crippen molar-refractivity contribution in [2.75, 3.05) is 5.32 Å². The molecule has 142 valence electrons. The lowest BCUT2D eigenvalue weighted by Gasteiger charge is -2.21. The minimum absolute atomic E-state index is 0.234. The van der Waals surface area contributed by atoms with Crippen LogP contribution in [0.5, 0.6) is 0 Å². The Balaban J connectivity index is 1.36. The zero-order valence-corrected chi connectivity index (χ0v) is 16.5. The Morgan fingerprint density at radius 3 is 2.69 bits per heavy atom. The smallest absolute Gasteiger partial charge is 0.273 e. The fourth-order valence-electron chi connectivity index (χ4n) is 3.38. The highest BCUT2D eigenvalue weighted by Crippen LogP contribution is 2.44. The molecule has 1 aliphatic rings. The van der Waals surface area contributed by atoms with Crippen molar-refractivity contribution in [2.45, 2.75) is 16.7 Å². The molecule has 1 amide bonds. The largest absolute Gasteiger partial charge is 0.360 e. The second-order valence-electron chi connectivity index (χ2n) is 6.82. The van der Waals surface area contributed by atoms with Crippen LogP contribution in [0, 0.1) is 0 Å². The summed E-state index contributed by atoms with van der Waals surface area (Å²) in [6.45, 7) is 1.89. The van der Waals surface area contributed by atoms with Crippen LogP contribution in [0.3, 0.4) is 0 Å². The third kappa shape index (κ3) is 3.28. The number of carbonyl (C=O) groups is 1. The number of carbonyl (C=O) groups excluding carboxylic acids is 1. The number of nitrogens with one attached hydrogen (secondary N) is 3. The second-order valence-corrected chi connectivity index (χ2v) is 7.90. The van der Waals surface area contributed by atoms with Gasteiger partial charge in [0, 0.05) is 26.9 Å². The summed E-state index contributed by atoms with van der Waals surface area (Å²) >= 11 is 1.74. The number of anilines is 2. The topological polar surface area (TPSA) is 69.3 Å². The number of rotatable bonds is 3. The molecule has 0 atom stereocenters. The van der Waals surface area contributed by atoms with Gasteiger partial charge in [-0.1, -0.05) is 48.2 Å². The van der Waals surface area contributed by atoms with Gasteiger partial charge in [-0.25, -0.2) is 5.43 Å². The van der Waals surface area contributed by atoms with Crippen LogP contribution in [0.15, 0.2) is 87.8 Å². The zero-order chi connectivity index (χ0) is 19.8. The molecule has 0 fully saturated rings. The van der Waals surface area contributed by atoms with Crippen LogP contribution in [0.1, 0.15) is 22.8 Å². The maximum absolute atomic E-state index is 12.6. The van der Waals surface area contributed by atoms with E-state index >= 15 is 0 Å². The molecule has 5 nitrogen and oxygen atoms in total. The Kier molecular flexibility index (Phi) is 4.33. The quantitative estimate of drug-likeness (QED) is 0.276. The fourth-order valence-corrected chi connectivity index (χ4v) is 4.35. The second kappa shape index (κ2) is 7.14. The molecular formula is C23H18N4OS. The number of para-hydroxylation sites is 2. The van der Waals surface area contributed by atoms with E-state index in [4.69, 9.17) is 0 Å². The molecule has 3 N–H and O–H groups in total. The summed E-state index contributed by atoms with van der Waals surface area (Å²) in [5.41, 5.74) is 8.03. The van der Waals surface area contributed by atoms with Crippen LogP contribution in [0.2, 0.25) is 0 Å². The molecule has 0 spiro atoms. The lowest BCUT2D eigenvalue weighted by atomic mass is 10.1. The van der Waals surface area contributed by atoms with Crippen LogP contribution in [0.25, 0.3) is 10.9 Å². The van der Waals surface area contributed by atoms with Crippen molar-refractivity contribution < 1.29 is 4.79 Å². The summed E-state index contributed by atoms with van der Waals surface area (Å²) in [5.74, 6) is -0.234. The number of hydrogen-bond acceptors (Lipinski definition) is 4. The minimum atomic E-state index is -0.234. The number of amides is 1. The van der Waals surface area contributed by atoms with Crippen molar-refractivity contribution >= 4 is 45.7 Å². The third-order valence-corrected chi connectivity index (χ3v) is 6.08. The first kappa shape index (κ1) is 17.6. The van der Waals surface area contributed by atoms with Gasteiger partial charge in [-0.3, -0.25) is 4.79 Å². The van der Waals surface area contributed by atoms with Crippen molar-refractivity contribution in [2.24, 2.45) is 5.10 Å². The molecule has 0 radical (unpaired) electrons. The van der Waals surface area contributed by atoms with E-state index in [0.717, 1.165) is 33.6 Å². The van der Waals surface area contributed by atoms with Crippen molar-refractivity contribution in [1.29, 1.82) is 0 Å². The first-order valence-corrected chi connectivity index (χ1v) is 10.1. The molecule has 1 aliphatic heterocycles. The van der Waals surface area contributed by atoms with E-state index in [1.165, 1.54) is 9.79 Å². The molecule has 5 rings (SSSR count). The molecule has 29 heavy (non-hydrogen) atoms. The molecule has 3 aromatic carbocycles. The highest BCUT2D eigenvalue weighted by molar-refractivity contribution is 7.99. The predicted molar refractivity (Wildman–Crippen MR) is 118 cm³/mol. The highest BCUT2D eigenvalue weighted by Gasteiger charge is 2.16. The van der Waals surface area contributed by atoms with Gasteiger partial charge >= 0.3 is 0 Å². The molecule has 0 saturated carbocycles. The number of aromatic amines is 1. The summed E-state index contributed by atoms with van der Waals surface area (Å²) in [4.78, 5) is 18.1. The van der Waals surface area contributed by atoms with Crippen LogP contribution in [-0.2, 0) is 0 Å². The van der Waals surface area contributed by atoms with Gasteiger partial charge in [-0.05, 0) is 42.8 Å². The first-order chi connectivity index (χ1) is 14.2. The van der Waals surface area contributed by atoms with Gasteiger partial charge in [0.05, 0.1) is 22.6 Å². The van der Waals surface area contributed by atoms with Gasteiger partial charge in [0.1, 0.15) is 0 Å². The van der Waals surface area contributed by atoms with Crippen LogP contribution in [0.4, 0.5) is 11.4 Å². The van der Waals surface area contributed by atoms with Crippen LogP contribution >= 0.6 is 11.8 Å². The zero-order valence-electron chi connectivity index (χ0n) is 15.7. The molecule has 4 aromatic rings. The Labute approximate surface area is 172 Å². The van der Waals surface area contributed by atoms with E-state index in [9.17, 15) is 4.79 Å². The highest BCUT2D eigenvalue weighted by atomic mass is 32.2. The summed E-state index contributed by atoms with van der Waals surface area (Å²) < 4.78 is 0. The molecule has 0 saturated heterocycles.